The van der Waals surface area contributed by atoms with Gasteiger partial charge in [-0.1, -0.05) is 12.1 Å². The first kappa shape index (κ1) is 26.4. The maximum atomic E-state index is 13.8. The second-order valence-electron chi connectivity index (χ2n) is 8.67. The van der Waals surface area contributed by atoms with E-state index < -0.39 is 64.1 Å². The van der Waals surface area contributed by atoms with Gasteiger partial charge in [-0.2, -0.15) is 16.8 Å². The number of carbonyl (C=O) groups is 2. The molecular formula is C24H23N3O8S2. The van der Waals surface area contributed by atoms with Crippen molar-refractivity contribution in [2.75, 3.05) is 18.5 Å². The second-order valence-corrected chi connectivity index (χ2v) is 11.4. The van der Waals surface area contributed by atoms with Gasteiger partial charge in [0.05, 0.1) is 21.8 Å². The SMILES string of the molecule is CNCc1ccc(C)c(-c2c(N)c(S(=O)(=O)O)c(N)c3c2C(=O)c2ccc(S(=O)(=O)O)cc2C3=O)c1C. The van der Waals surface area contributed by atoms with Crippen molar-refractivity contribution < 1.29 is 35.5 Å². The molecule has 0 spiro atoms. The van der Waals surface area contributed by atoms with E-state index in [-0.39, 0.29) is 16.7 Å². The molecule has 0 saturated carbocycles. The molecule has 0 aliphatic heterocycles. The highest BCUT2D eigenvalue weighted by atomic mass is 32.2. The van der Waals surface area contributed by atoms with Crippen LogP contribution in [0.5, 0.6) is 0 Å². The van der Waals surface area contributed by atoms with E-state index in [1.165, 1.54) is 0 Å². The molecule has 3 aromatic carbocycles. The Kier molecular flexibility index (Phi) is 6.25. The smallest absolute Gasteiger partial charge is 0.298 e. The van der Waals surface area contributed by atoms with E-state index in [4.69, 9.17) is 11.5 Å². The molecule has 0 bridgehead atoms. The fraction of sp³-hybridized carbons (Fsp3) is 0.167. The summed E-state index contributed by atoms with van der Waals surface area (Å²) in [7, 11) is -8.09. The van der Waals surface area contributed by atoms with Crippen LogP contribution in [0.3, 0.4) is 0 Å². The Morgan fingerprint density at radius 3 is 1.95 bits per heavy atom. The van der Waals surface area contributed by atoms with Crippen molar-refractivity contribution >= 4 is 43.2 Å². The Morgan fingerprint density at radius 1 is 0.784 bits per heavy atom. The standard InChI is InChI=1S/C24H23N3O8S2/c1-10-4-5-12(9-27-3)11(2)16(10)17-18-19(21(26)24(20(17)25)37(33,34)35)23(29)15-8-13(36(30,31)32)6-7-14(15)22(18)28/h4-8,27H,9,25-26H2,1-3H3,(H,30,31,32)(H,33,34,35). The van der Waals surface area contributed by atoms with Gasteiger partial charge in [0.1, 0.15) is 4.90 Å². The highest BCUT2D eigenvalue weighted by Gasteiger charge is 2.40. The molecule has 0 atom stereocenters. The van der Waals surface area contributed by atoms with Crippen molar-refractivity contribution in [1.29, 1.82) is 0 Å². The van der Waals surface area contributed by atoms with Crippen molar-refractivity contribution in [1.82, 2.24) is 5.32 Å². The van der Waals surface area contributed by atoms with Crippen LogP contribution in [0.4, 0.5) is 11.4 Å². The van der Waals surface area contributed by atoms with Gasteiger partial charge >= 0.3 is 0 Å². The summed E-state index contributed by atoms with van der Waals surface area (Å²) in [5, 5.41) is 3.01. The molecule has 13 heteroatoms. The normalized spacial score (nSPS) is 13.4. The minimum Gasteiger partial charge on any atom is -0.397 e. The lowest BCUT2D eigenvalue weighted by molar-refractivity contribution is 0.0979. The summed E-state index contributed by atoms with van der Waals surface area (Å²) in [5.74, 6) is -1.74. The van der Waals surface area contributed by atoms with Crippen LogP contribution in [0.2, 0.25) is 0 Å². The van der Waals surface area contributed by atoms with Gasteiger partial charge in [-0.3, -0.25) is 18.7 Å². The van der Waals surface area contributed by atoms with E-state index >= 15 is 0 Å². The average molecular weight is 546 g/mol. The van der Waals surface area contributed by atoms with Gasteiger partial charge in [-0.15, -0.1) is 0 Å². The van der Waals surface area contributed by atoms with Crippen LogP contribution in [0, 0.1) is 13.8 Å². The minimum absolute atomic E-state index is 0.0902. The summed E-state index contributed by atoms with van der Waals surface area (Å²) in [4.78, 5) is 25.9. The van der Waals surface area contributed by atoms with Gasteiger partial charge < -0.3 is 16.8 Å². The molecule has 1 aliphatic carbocycles. The predicted octanol–water partition coefficient (Wildman–Crippen LogP) is 2.12. The highest BCUT2D eigenvalue weighted by Crippen LogP contribution is 2.47. The Morgan fingerprint density at radius 2 is 1.38 bits per heavy atom. The van der Waals surface area contributed by atoms with Crippen LogP contribution in [0.1, 0.15) is 48.5 Å². The van der Waals surface area contributed by atoms with Gasteiger partial charge in [0.25, 0.3) is 20.2 Å². The fourth-order valence-corrected chi connectivity index (χ4v) is 6.03. The van der Waals surface area contributed by atoms with Crippen molar-refractivity contribution in [3.8, 4) is 11.1 Å². The molecule has 37 heavy (non-hydrogen) atoms. The number of rotatable bonds is 5. The maximum absolute atomic E-state index is 13.8. The van der Waals surface area contributed by atoms with E-state index in [2.05, 4.69) is 5.32 Å². The number of nitrogens with two attached hydrogens (primary N) is 2. The number of nitrogens with one attached hydrogen (secondary N) is 1. The molecule has 4 rings (SSSR count). The third-order valence-electron chi connectivity index (χ3n) is 6.42. The van der Waals surface area contributed by atoms with Crippen molar-refractivity contribution in [2.24, 2.45) is 0 Å². The average Bonchev–Trinajstić information content (AvgIpc) is 2.78. The van der Waals surface area contributed by atoms with Gasteiger partial charge in [-0.25, -0.2) is 0 Å². The lowest BCUT2D eigenvalue weighted by Crippen LogP contribution is -2.26. The van der Waals surface area contributed by atoms with E-state index in [0.29, 0.717) is 23.2 Å². The number of fused-ring (bicyclic) bond motifs is 2. The lowest BCUT2D eigenvalue weighted by atomic mass is 9.77. The molecule has 0 amide bonds. The molecule has 0 saturated heterocycles. The minimum atomic E-state index is -5.09. The molecule has 0 heterocycles. The molecule has 11 nitrogen and oxygen atoms in total. The Bertz CT molecular complexity index is 1760. The first-order valence-electron chi connectivity index (χ1n) is 10.8. The fourth-order valence-electron chi connectivity index (χ4n) is 4.76. The first-order valence-corrected chi connectivity index (χ1v) is 13.7. The molecule has 1 aliphatic rings. The third kappa shape index (κ3) is 4.10. The van der Waals surface area contributed by atoms with Crippen LogP contribution < -0.4 is 16.8 Å². The monoisotopic (exact) mass is 545 g/mol. The zero-order chi connectivity index (χ0) is 27.6. The van der Waals surface area contributed by atoms with E-state index in [1.807, 2.05) is 6.07 Å². The lowest BCUT2D eigenvalue weighted by Gasteiger charge is -2.27. The summed E-state index contributed by atoms with van der Waals surface area (Å²) >= 11 is 0. The van der Waals surface area contributed by atoms with Crippen LogP contribution in [0.25, 0.3) is 11.1 Å². The van der Waals surface area contributed by atoms with Crippen molar-refractivity contribution in [3.63, 3.8) is 0 Å². The van der Waals surface area contributed by atoms with Crippen LogP contribution in [-0.4, -0.2) is 44.6 Å². The van der Waals surface area contributed by atoms with Gasteiger partial charge in [0.2, 0.25) is 0 Å². The molecule has 0 aromatic heterocycles. The maximum Gasteiger partial charge on any atom is 0.298 e. The second kappa shape index (κ2) is 8.75. The summed E-state index contributed by atoms with van der Waals surface area (Å²) in [6.07, 6.45) is 0. The molecular weight excluding hydrogens is 522 g/mol. The number of hydrogen-bond donors (Lipinski definition) is 5. The summed E-state index contributed by atoms with van der Waals surface area (Å²) < 4.78 is 67.5. The number of benzene rings is 3. The topological polar surface area (TPSA) is 207 Å². The van der Waals surface area contributed by atoms with E-state index in [9.17, 15) is 35.5 Å². The highest BCUT2D eigenvalue weighted by molar-refractivity contribution is 7.86. The Hall–Kier alpha value is -3.62. The Balaban J connectivity index is 2.22. The van der Waals surface area contributed by atoms with Gasteiger partial charge in [0, 0.05) is 28.8 Å². The third-order valence-corrected chi connectivity index (χ3v) is 8.23. The molecule has 0 unspecified atom stereocenters. The van der Waals surface area contributed by atoms with Crippen LogP contribution >= 0.6 is 0 Å². The molecule has 0 fully saturated rings. The van der Waals surface area contributed by atoms with E-state index in [0.717, 1.165) is 23.8 Å². The molecule has 0 radical (unpaired) electrons. The van der Waals surface area contributed by atoms with Crippen molar-refractivity contribution in [2.45, 2.75) is 30.2 Å². The zero-order valence-electron chi connectivity index (χ0n) is 19.9. The summed E-state index contributed by atoms with van der Waals surface area (Å²) in [6.45, 7) is 3.88. The number of carbonyl (C=O) groups excluding carboxylic acids is 2. The van der Waals surface area contributed by atoms with E-state index in [1.54, 1.807) is 27.0 Å². The molecule has 194 valence electrons. The first-order chi connectivity index (χ1) is 17.1. The number of nitrogen functional groups attached to an aromatic ring is 2. The van der Waals surface area contributed by atoms with Gasteiger partial charge in [-0.05, 0) is 61.3 Å². The number of aryl methyl sites for hydroxylation is 1. The molecule has 3 aromatic rings. The molecule has 7 N–H and O–H groups in total. The number of hydrogen-bond acceptors (Lipinski definition) is 9. The van der Waals surface area contributed by atoms with Crippen molar-refractivity contribution in [3.05, 3.63) is 69.3 Å². The summed E-state index contributed by atoms with van der Waals surface area (Å²) in [6, 6.07) is 6.43. The van der Waals surface area contributed by atoms with Gasteiger partial charge in [0.15, 0.2) is 11.6 Å². The number of anilines is 2. The van der Waals surface area contributed by atoms with Crippen LogP contribution in [0.15, 0.2) is 40.1 Å². The predicted molar refractivity (Wildman–Crippen MR) is 136 cm³/mol. The summed E-state index contributed by atoms with van der Waals surface area (Å²) in [5.41, 5.74) is 12.0. The number of ketones is 2. The zero-order valence-corrected chi connectivity index (χ0v) is 21.5. The van der Waals surface area contributed by atoms with Crippen LogP contribution in [-0.2, 0) is 26.8 Å². The largest absolute Gasteiger partial charge is 0.397 e. The Labute approximate surface area is 213 Å². The quantitative estimate of drug-likeness (QED) is 0.181.